The number of pyridine rings is 1. The van der Waals surface area contributed by atoms with Crippen LogP contribution < -0.4 is 0 Å². The minimum absolute atomic E-state index is 0.347. The molecule has 0 saturated heterocycles. The summed E-state index contributed by atoms with van der Waals surface area (Å²) in [6.07, 6.45) is 2.23. The van der Waals surface area contributed by atoms with Crippen LogP contribution in [0.5, 0.6) is 0 Å². The topological polar surface area (TPSA) is 60.8 Å². The summed E-state index contributed by atoms with van der Waals surface area (Å²) in [5.74, 6) is -0.347. The maximum atomic E-state index is 11.7. The molecule has 1 heterocycles. The van der Waals surface area contributed by atoms with Crippen molar-refractivity contribution in [2.24, 2.45) is 5.16 Å². The first kappa shape index (κ1) is 14.2. The quantitative estimate of drug-likeness (QED) is 0.441. The molecule has 5 nitrogen and oxygen atoms in total. The van der Waals surface area contributed by atoms with Gasteiger partial charge in [0, 0.05) is 5.69 Å². The summed E-state index contributed by atoms with van der Waals surface area (Å²) in [6.45, 7) is 6.44. The van der Waals surface area contributed by atoms with E-state index in [1.54, 1.807) is 19.1 Å². The monoisotopic (exact) mass is 250 g/mol. The fraction of sp³-hybridized carbons (Fsp3) is 0.462. The van der Waals surface area contributed by atoms with Crippen LogP contribution in [0.3, 0.4) is 0 Å². The first-order valence-electron chi connectivity index (χ1n) is 6.04. The highest BCUT2D eigenvalue weighted by Crippen LogP contribution is 2.08. The lowest BCUT2D eigenvalue weighted by molar-refractivity contribution is 0.0526. The number of rotatable bonds is 6. The van der Waals surface area contributed by atoms with E-state index in [0.717, 1.165) is 12.1 Å². The third kappa shape index (κ3) is 4.16. The highest BCUT2D eigenvalue weighted by molar-refractivity contribution is 5.91. The SMILES string of the molecule is CCON=Cc1cc(C(=O)OCC)cc(CC)n1. The zero-order chi connectivity index (χ0) is 13.4. The van der Waals surface area contributed by atoms with E-state index in [9.17, 15) is 4.79 Å². The summed E-state index contributed by atoms with van der Waals surface area (Å²) >= 11 is 0. The summed E-state index contributed by atoms with van der Waals surface area (Å²) in [5, 5.41) is 3.74. The van der Waals surface area contributed by atoms with Crippen molar-refractivity contribution < 1.29 is 14.4 Å². The Kier molecular flexibility index (Phi) is 5.84. The number of ether oxygens (including phenoxy) is 1. The van der Waals surface area contributed by atoms with Gasteiger partial charge in [-0.2, -0.15) is 0 Å². The van der Waals surface area contributed by atoms with E-state index < -0.39 is 0 Å². The molecule has 1 aromatic heterocycles. The number of carbonyl (C=O) groups is 1. The molecule has 0 radical (unpaired) electrons. The minimum atomic E-state index is -0.347. The van der Waals surface area contributed by atoms with E-state index in [2.05, 4.69) is 10.1 Å². The maximum absolute atomic E-state index is 11.7. The summed E-state index contributed by atoms with van der Waals surface area (Å²) in [4.78, 5) is 20.9. The second-order valence-electron chi connectivity index (χ2n) is 3.50. The second kappa shape index (κ2) is 7.42. The number of aryl methyl sites for hydroxylation is 1. The van der Waals surface area contributed by atoms with E-state index in [4.69, 9.17) is 9.57 Å². The van der Waals surface area contributed by atoms with Crippen LogP contribution in [0.25, 0.3) is 0 Å². The van der Waals surface area contributed by atoms with Gasteiger partial charge in [-0.3, -0.25) is 4.98 Å². The number of esters is 1. The average Bonchev–Trinajstić information content (AvgIpc) is 2.39. The van der Waals surface area contributed by atoms with E-state index in [1.165, 1.54) is 6.21 Å². The molecule has 98 valence electrons. The summed E-state index contributed by atoms with van der Waals surface area (Å²) in [6, 6.07) is 3.37. The second-order valence-corrected chi connectivity index (χ2v) is 3.50. The molecule has 0 bridgehead atoms. The molecular weight excluding hydrogens is 232 g/mol. The zero-order valence-electron chi connectivity index (χ0n) is 11.0. The molecule has 0 atom stereocenters. The lowest BCUT2D eigenvalue weighted by Crippen LogP contribution is -2.07. The number of oxime groups is 1. The molecule has 0 fully saturated rings. The minimum Gasteiger partial charge on any atom is -0.462 e. The summed E-state index contributed by atoms with van der Waals surface area (Å²) < 4.78 is 4.97. The molecule has 0 aliphatic carbocycles. The van der Waals surface area contributed by atoms with E-state index in [1.807, 2.05) is 13.8 Å². The summed E-state index contributed by atoms with van der Waals surface area (Å²) in [5.41, 5.74) is 1.89. The van der Waals surface area contributed by atoms with Crippen molar-refractivity contribution in [2.45, 2.75) is 27.2 Å². The molecule has 0 aliphatic heterocycles. The molecule has 0 saturated carbocycles. The van der Waals surface area contributed by atoms with Crippen LogP contribution in [-0.4, -0.2) is 30.4 Å². The Hall–Kier alpha value is -1.91. The number of nitrogens with zero attached hydrogens (tertiary/aromatic N) is 2. The highest BCUT2D eigenvalue weighted by atomic mass is 16.6. The van der Waals surface area contributed by atoms with Gasteiger partial charge in [-0.25, -0.2) is 4.79 Å². The van der Waals surface area contributed by atoms with E-state index in [-0.39, 0.29) is 5.97 Å². The molecule has 0 N–H and O–H groups in total. The van der Waals surface area contributed by atoms with Crippen LogP contribution >= 0.6 is 0 Å². The van der Waals surface area contributed by atoms with Gasteiger partial charge in [-0.05, 0) is 32.4 Å². The molecule has 1 rings (SSSR count). The predicted octanol–water partition coefficient (Wildman–Crippen LogP) is 2.19. The Balaban J connectivity index is 2.97. The molecule has 0 aliphatic rings. The Morgan fingerprint density at radius 2 is 2.11 bits per heavy atom. The first-order chi connectivity index (χ1) is 8.71. The van der Waals surface area contributed by atoms with E-state index in [0.29, 0.717) is 24.5 Å². The van der Waals surface area contributed by atoms with Gasteiger partial charge in [-0.1, -0.05) is 12.1 Å². The van der Waals surface area contributed by atoms with Crippen LogP contribution in [-0.2, 0) is 16.0 Å². The Morgan fingerprint density at radius 1 is 1.33 bits per heavy atom. The molecule has 18 heavy (non-hydrogen) atoms. The Morgan fingerprint density at radius 3 is 2.72 bits per heavy atom. The largest absolute Gasteiger partial charge is 0.462 e. The van der Waals surface area contributed by atoms with Gasteiger partial charge in [0.25, 0.3) is 0 Å². The molecule has 0 aromatic carbocycles. The molecule has 0 amide bonds. The van der Waals surface area contributed by atoms with Gasteiger partial charge in [0.15, 0.2) is 0 Å². The normalized spacial score (nSPS) is 10.6. The van der Waals surface area contributed by atoms with Crippen LogP contribution in [0.1, 0.15) is 42.5 Å². The van der Waals surface area contributed by atoms with Crippen molar-refractivity contribution in [1.29, 1.82) is 0 Å². The van der Waals surface area contributed by atoms with Crippen molar-refractivity contribution in [3.05, 3.63) is 29.1 Å². The van der Waals surface area contributed by atoms with Crippen molar-refractivity contribution in [3.8, 4) is 0 Å². The number of hydrogen-bond acceptors (Lipinski definition) is 5. The predicted molar refractivity (Wildman–Crippen MR) is 68.8 cm³/mol. The Labute approximate surface area is 107 Å². The van der Waals surface area contributed by atoms with Gasteiger partial charge in [-0.15, -0.1) is 0 Å². The molecule has 0 spiro atoms. The van der Waals surface area contributed by atoms with Gasteiger partial charge in [0.2, 0.25) is 0 Å². The van der Waals surface area contributed by atoms with E-state index >= 15 is 0 Å². The third-order valence-corrected chi connectivity index (χ3v) is 2.16. The number of hydrogen-bond donors (Lipinski definition) is 0. The average molecular weight is 250 g/mol. The van der Waals surface area contributed by atoms with Crippen molar-refractivity contribution in [2.75, 3.05) is 13.2 Å². The van der Waals surface area contributed by atoms with Crippen molar-refractivity contribution in [1.82, 2.24) is 4.98 Å². The van der Waals surface area contributed by atoms with Gasteiger partial charge in [0.1, 0.15) is 6.61 Å². The third-order valence-electron chi connectivity index (χ3n) is 2.16. The van der Waals surface area contributed by atoms with Gasteiger partial charge < -0.3 is 9.57 Å². The Bertz CT molecular complexity index is 430. The lowest BCUT2D eigenvalue weighted by Gasteiger charge is -2.05. The van der Waals surface area contributed by atoms with Crippen LogP contribution in [0.15, 0.2) is 17.3 Å². The molecule has 1 aromatic rings. The lowest BCUT2D eigenvalue weighted by atomic mass is 10.1. The van der Waals surface area contributed by atoms with Crippen LogP contribution in [0.2, 0.25) is 0 Å². The zero-order valence-corrected chi connectivity index (χ0v) is 11.0. The van der Waals surface area contributed by atoms with Crippen LogP contribution in [0.4, 0.5) is 0 Å². The van der Waals surface area contributed by atoms with Crippen molar-refractivity contribution in [3.63, 3.8) is 0 Å². The molecular formula is C13H18N2O3. The number of aromatic nitrogens is 1. The fourth-order valence-electron chi connectivity index (χ4n) is 1.36. The first-order valence-corrected chi connectivity index (χ1v) is 6.04. The molecule has 0 unspecified atom stereocenters. The highest BCUT2D eigenvalue weighted by Gasteiger charge is 2.09. The maximum Gasteiger partial charge on any atom is 0.338 e. The van der Waals surface area contributed by atoms with Crippen LogP contribution in [0, 0.1) is 0 Å². The molecule has 5 heteroatoms. The van der Waals surface area contributed by atoms with Gasteiger partial charge >= 0.3 is 5.97 Å². The fourth-order valence-corrected chi connectivity index (χ4v) is 1.36. The standard InChI is InChI=1S/C13H18N2O3/c1-4-11-7-10(13(16)17-5-2)8-12(15-11)9-14-18-6-3/h7-9H,4-6H2,1-3H3. The van der Waals surface area contributed by atoms with Gasteiger partial charge in [0.05, 0.1) is 24.1 Å². The summed E-state index contributed by atoms with van der Waals surface area (Å²) in [7, 11) is 0. The smallest absolute Gasteiger partial charge is 0.338 e. The number of carbonyl (C=O) groups excluding carboxylic acids is 1. The van der Waals surface area contributed by atoms with Crippen molar-refractivity contribution >= 4 is 12.2 Å².